The molecule has 1 atom stereocenters. The number of rotatable bonds is 2. The summed E-state index contributed by atoms with van der Waals surface area (Å²) < 4.78 is 13.0. The van der Waals surface area contributed by atoms with E-state index in [1.54, 1.807) is 22.8 Å². The molecule has 2 aliphatic rings. The Hall–Kier alpha value is -3.81. The van der Waals surface area contributed by atoms with E-state index >= 15 is 0 Å². The highest BCUT2D eigenvalue weighted by Crippen LogP contribution is 2.38. The number of aromatic nitrogens is 3. The van der Waals surface area contributed by atoms with Crippen molar-refractivity contribution >= 4 is 22.5 Å². The summed E-state index contributed by atoms with van der Waals surface area (Å²) in [6.45, 7) is 1.71. The van der Waals surface area contributed by atoms with E-state index in [9.17, 15) is 9.59 Å². The van der Waals surface area contributed by atoms with Crippen LogP contribution in [0.15, 0.2) is 53.5 Å². The van der Waals surface area contributed by atoms with Gasteiger partial charge in [-0.2, -0.15) is 5.10 Å². The van der Waals surface area contributed by atoms with Crippen LogP contribution in [-0.4, -0.2) is 45.2 Å². The summed E-state index contributed by atoms with van der Waals surface area (Å²) in [5, 5.41) is 4.93. The standard InChI is InChI=1S/C23H20N4O4/c28-22-15-4-1-2-5-18(15)27-21(25-22)16(13-24-27)23(29)26-9-3-6-17(26)14-7-8-19-20(12-14)31-11-10-30-19/h1-2,4-5,7-8,12-13,17H,3,6,9-11H2,(H,25,28). The first-order chi connectivity index (χ1) is 15.2. The van der Waals surface area contributed by atoms with Gasteiger partial charge < -0.3 is 19.4 Å². The maximum absolute atomic E-state index is 13.5. The van der Waals surface area contributed by atoms with Gasteiger partial charge in [-0.05, 0) is 42.7 Å². The van der Waals surface area contributed by atoms with Gasteiger partial charge in [0.05, 0.1) is 23.1 Å². The van der Waals surface area contributed by atoms with Crippen LogP contribution in [0.4, 0.5) is 0 Å². The van der Waals surface area contributed by atoms with Crippen LogP contribution in [0.1, 0.15) is 34.8 Å². The van der Waals surface area contributed by atoms with Crippen molar-refractivity contribution in [3.8, 4) is 11.5 Å². The van der Waals surface area contributed by atoms with Gasteiger partial charge in [-0.25, -0.2) is 4.52 Å². The zero-order valence-corrected chi connectivity index (χ0v) is 16.7. The number of para-hydroxylation sites is 1. The Morgan fingerprint density at radius 3 is 2.84 bits per heavy atom. The third-order valence-corrected chi connectivity index (χ3v) is 6.07. The Morgan fingerprint density at radius 2 is 1.94 bits per heavy atom. The van der Waals surface area contributed by atoms with Crippen molar-refractivity contribution in [3.63, 3.8) is 0 Å². The quantitative estimate of drug-likeness (QED) is 0.543. The summed E-state index contributed by atoms with van der Waals surface area (Å²) in [5.41, 5.74) is 2.27. The average Bonchev–Trinajstić information content (AvgIpc) is 3.46. The number of likely N-dealkylation sites (tertiary alicyclic amines) is 1. The lowest BCUT2D eigenvalue weighted by Gasteiger charge is -2.26. The molecule has 0 bridgehead atoms. The number of aromatic amines is 1. The highest BCUT2D eigenvalue weighted by atomic mass is 16.6. The van der Waals surface area contributed by atoms with Gasteiger partial charge in [-0.3, -0.25) is 9.59 Å². The predicted molar refractivity (Wildman–Crippen MR) is 114 cm³/mol. The number of nitrogens with one attached hydrogen (secondary N) is 1. The highest BCUT2D eigenvalue weighted by molar-refractivity contribution is 6.01. The molecule has 1 saturated heterocycles. The van der Waals surface area contributed by atoms with Crippen molar-refractivity contribution in [3.05, 3.63) is 70.1 Å². The Balaban J connectivity index is 1.40. The summed E-state index contributed by atoms with van der Waals surface area (Å²) in [4.78, 5) is 30.8. The Kier molecular flexibility index (Phi) is 3.99. The van der Waals surface area contributed by atoms with Crippen LogP contribution in [0.25, 0.3) is 16.6 Å². The van der Waals surface area contributed by atoms with Gasteiger partial charge in [0.1, 0.15) is 24.4 Å². The SMILES string of the molecule is O=C(c1cnn2c1[nH]c(=O)c1ccccc12)N1CCCC1c1ccc2c(c1)OCCO2. The third-order valence-electron chi connectivity index (χ3n) is 6.07. The summed E-state index contributed by atoms with van der Waals surface area (Å²) in [5.74, 6) is 1.31. The molecule has 1 fully saturated rings. The summed E-state index contributed by atoms with van der Waals surface area (Å²) in [6.07, 6.45) is 3.31. The molecule has 31 heavy (non-hydrogen) atoms. The zero-order chi connectivity index (χ0) is 20.9. The number of fused-ring (bicyclic) bond motifs is 4. The van der Waals surface area contributed by atoms with Crippen molar-refractivity contribution in [2.24, 2.45) is 0 Å². The minimum absolute atomic E-state index is 0.0644. The third kappa shape index (κ3) is 2.78. The van der Waals surface area contributed by atoms with Crippen molar-refractivity contribution < 1.29 is 14.3 Å². The van der Waals surface area contributed by atoms with E-state index in [2.05, 4.69) is 10.1 Å². The van der Waals surface area contributed by atoms with Crippen molar-refractivity contribution in [1.82, 2.24) is 19.5 Å². The molecule has 2 aliphatic heterocycles. The number of nitrogens with zero attached hydrogens (tertiary/aromatic N) is 3. The second kappa shape index (κ2) is 6.87. The largest absolute Gasteiger partial charge is 0.486 e. The van der Waals surface area contributed by atoms with Gasteiger partial charge in [0, 0.05) is 6.54 Å². The Labute approximate surface area is 177 Å². The summed E-state index contributed by atoms with van der Waals surface area (Å²) in [7, 11) is 0. The van der Waals surface area contributed by atoms with Crippen LogP contribution in [0.3, 0.4) is 0 Å². The minimum Gasteiger partial charge on any atom is -0.486 e. The first-order valence-electron chi connectivity index (χ1n) is 10.4. The molecule has 1 unspecified atom stereocenters. The second-order valence-electron chi connectivity index (χ2n) is 7.85. The smallest absolute Gasteiger partial charge is 0.259 e. The molecule has 2 aromatic heterocycles. The highest BCUT2D eigenvalue weighted by Gasteiger charge is 2.33. The van der Waals surface area contributed by atoms with Gasteiger partial charge in [0.2, 0.25) is 0 Å². The fraction of sp³-hybridized carbons (Fsp3) is 0.261. The van der Waals surface area contributed by atoms with Crippen LogP contribution in [0.2, 0.25) is 0 Å². The first-order valence-corrected chi connectivity index (χ1v) is 10.4. The van der Waals surface area contributed by atoms with E-state index in [0.29, 0.717) is 41.9 Å². The molecular weight excluding hydrogens is 396 g/mol. The van der Waals surface area contributed by atoms with E-state index < -0.39 is 0 Å². The minimum atomic E-state index is -0.234. The van der Waals surface area contributed by atoms with Gasteiger partial charge in [-0.15, -0.1) is 0 Å². The van der Waals surface area contributed by atoms with E-state index in [0.717, 1.165) is 29.9 Å². The molecule has 1 amide bonds. The lowest BCUT2D eigenvalue weighted by molar-refractivity contribution is 0.0737. The van der Waals surface area contributed by atoms with Gasteiger partial charge >= 0.3 is 0 Å². The Morgan fingerprint density at radius 1 is 1.10 bits per heavy atom. The van der Waals surface area contributed by atoms with Crippen molar-refractivity contribution in [1.29, 1.82) is 0 Å². The second-order valence-corrected chi connectivity index (χ2v) is 7.85. The number of carbonyl (C=O) groups excluding carboxylic acids is 1. The number of carbonyl (C=O) groups is 1. The fourth-order valence-electron chi connectivity index (χ4n) is 4.61. The maximum Gasteiger partial charge on any atom is 0.259 e. The Bertz CT molecular complexity index is 1390. The molecule has 6 rings (SSSR count). The van der Waals surface area contributed by atoms with E-state index in [4.69, 9.17) is 9.47 Å². The molecular formula is C23H20N4O4. The fourth-order valence-corrected chi connectivity index (χ4v) is 4.61. The van der Waals surface area contributed by atoms with Crippen LogP contribution < -0.4 is 15.0 Å². The molecule has 1 N–H and O–H groups in total. The van der Waals surface area contributed by atoms with Crippen LogP contribution in [-0.2, 0) is 0 Å². The topological polar surface area (TPSA) is 88.9 Å². The van der Waals surface area contributed by atoms with Gasteiger partial charge in [0.25, 0.3) is 11.5 Å². The first kappa shape index (κ1) is 18.0. The van der Waals surface area contributed by atoms with E-state index in [-0.39, 0.29) is 17.5 Å². The number of H-pyrrole nitrogens is 1. The molecule has 0 radical (unpaired) electrons. The van der Waals surface area contributed by atoms with E-state index in [1.807, 2.05) is 35.2 Å². The zero-order valence-electron chi connectivity index (χ0n) is 16.7. The van der Waals surface area contributed by atoms with Crippen LogP contribution in [0, 0.1) is 0 Å². The maximum atomic E-state index is 13.5. The molecule has 8 nitrogen and oxygen atoms in total. The summed E-state index contributed by atoms with van der Waals surface area (Å²) >= 11 is 0. The monoisotopic (exact) mass is 416 g/mol. The predicted octanol–water partition coefficient (Wildman–Crippen LogP) is 2.92. The van der Waals surface area contributed by atoms with Crippen LogP contribution >= 0.6 is 0 Å². The molecule has 0 spiro atoms. The number of amides is 1. The number of ether oxygens (including phenoxy) is 2. The molecule has 4 heterocycles. The molecule has 4 aromatic rings. The van der Waals surface area contributed by atoms with Crippen molar-refractivity contribution in [2.45, 2.75) is 18.9 Å². The molecule has 8 heteroatoms. The lowest BCUT2D eigenvalue weighted by Crippen LogP contribution is -2.31. The lowest BCUT2D eigenvalue weighted by atomic mass is 10.0. The van der Waals surface area contributed by atoms with Gasteiger partial charge in [-0.1, -0.05) is 18.2 Å². The normalized spacial score (nSPS) is 18.1. The van der Waals surface area contributed by atoms with E-state index in [1.165, 1.54) is 0 Å². The molecule has 2 aromatic carbocycles. The van der Waals surface area contributed by atoms with Gasteiger partial charge in [0.15, 0.2) is 11.5 Å². The number of hydrogen-bond acceptors (Lipinski definition) is 5. The summed E-state index contributed by atoms with van der Waals surface area (Å²) in [6, 6.07) is 13.0. The number of benzene rings is 2. The van der Waals surface area contributed by atoms with Crippen molar-refractivity contribution in [2.75, 3.05) is 19.8 Å². The average molecular weight is 416 g/mol. The molecule has 0 saturated carbocycles. The molecule has 156 valence electrons. The number of hydrogen-bond donors (Lipinski definition) is 1. The van der Waals surface area contributed by atoms with Crippen LogP contribution in [0.5, 0.6) is 11.5 Å². The molecule has 0 aliphatic carbocycles.